The smallest absolute Gasteiger partial charge is 0.253 e. The van der Waals surface area contributed by atoms with E-state index in [9.17, 15) is 18.0 Å². The molecule has 2 N–H and O–H groups in total. The number of nitrogens with one attached hydrogen (secondary N) is 2. The Morgan fingerprint density at radius 3 is 2.72 bits per heavy atom. The topological polar surface area (TPSA) is 108 Å². The summed E-state index contributed by atoms with van der Waals surface area (Å²) < 4.78 is 24.9. The van der Waals surface area contributed by atoms with E-state index in [0.29, 0.717) is 37.2 Å². The number of nitrogens with zero attached hydrogens (tertiary/aromatic N) is 2. The molecule has 1 unspecified atom stereocenters. The Morgan fingerprint density at radius 2 is 2.00 bits per heavy atom. The summed E-state index contributed by atoms with van der Waals surface area (Å²) in [6.07, 6.45) is 5.71. The molecule has 154 valence electrons. The predicted octanol–water partition coefficient (Wildman–Crippen LogP) is 1.62. The maximum Gasteiger partial charge on any atom is 0.253 e. The first-order chi connectivity index (χ1) is 13.8. The van der Waals surface area contributed by atoms with Crippen LogP contribution >= 0.6 is 0 Å². The van der Waals surface area contributed by atoms with E-state index in [0.717, 1.165) is 11.8 Å². The molecule has 29 heavy (non-hydrogen) atoms. The lowest BCUT2D eigenvalue weighted by molar-refractivity contribution is -0.120. The van der Waals surface area contributed by atoms with Crippen molar-refractivity contribution in [1.82, 2.24) is 14.6 Å². The number of hydrogen-bond acceptors (Lipinski definition) is 5. The second-order valence-corrected chi connectivity index (χ2v) is 9.02. The predicted molar refractivity (Wildman–Crippen MR) is 110 cm³/mol. The highest BCUT2D eigenvalue weighted by Gasteiger charge is 2.30. The Morgan fingerprint density at radius 1 is 1.21 bits per heavy atom. The zero-order valence-electron chi connectivity index (χ0n) is 16.2. The summed E-state index contributed by atoms with van der Waals surface area (Å²) in [6.45, 7) is 0.900. The van der Waals surface area contributed by atoms with Crippen molar-refractivity contribution >= 4 is 27.5 Å². The summed E-state index contributed by atoms with van der Waals surface area (Å²) in [5.41, 5.74) is 1.61. The van der Waals surface area contributed by atoms with Gasteiger partial charge in [0.15, 0.2) is 0 Å². The molecule has 1 aromatic carbocycles. The van der Waals surface area contributed by atoms with Crippen LogP contribution in [0.3, 0.4) is 0 Å². The number of anilines is 1. The van der Waals surface area contributed by atoms with Crippen molar-refractivity contribution in [2.45, 2.75) is 19.4 Å². The maximum atomic E-state index is 12.7. The molecule has 8 nitrogen and oxygen atoms in total. The van der Waals surface area contributed by atoms with Crippen LogP contribution in [0.15, 0.2) is 48.8 Å². The second-order valence-electron chi connectivity index (χ2n) is 7.04. The van der Waals surface area contributed by atoms with Crippen molar-refractivity contribution in [2.24, 2.45) is 5.92 Å². The molecule has 3 rings (SSSR count). The van der Waals surface area contributed by atoms with Gasteiger partial charge in [0.2, 0.25) is 15.9 Å². The van der Waals surface area contributed by atoms with Gasteiger partial charge in [-0.1, -0.05) is 18.2 Å². The lowest BCUT2D eigenvalue weighted by Gasteiger charge is -2.30. The van der Waals surface area contributed by atoms with Gasteiger partial charge in [-0.25, -0.2) is 12.7 Å². The molecule has 2 aromatic rings. The fraction of sp³-hybridized carbons (Fsp3) is 0.350. The van der Waals surface area contributed by atoms with Gasteiger partial charge in [0.05, 0.1) is 23.4 Å². The SMILES string of the molecule is CS(=O)(=O)N1CCCC(C(=O)Nc2ccccc2C(=O)NCc2cccnc2)C1. The maximum absolute atomic E-state index is 12.7. The average molecular weight is 417 g/mol. The molecule has 9 heteroatoms. The average Bonchev–Trinajstić information content (AvgIpc) is 2.72. The molecule has 0 saturated carbocycles. The Bertz CT molecular complexity index is 979. The van der Waals surface area contributed by atoms with Gasteiger partial charge in [0.25, 0.3) is 5.91 Å². The molecular formula is C20H24N4O4S. The summed E-state index contributed by atoms with van der Waals surface area (Å²) in [6, 6.07) is 10.4. The molecule has 1 aliphatic heterocycles. The number of pyridine rings is 1. The standard InChI is InChI=1S/C20H24N4O4S/c1-29(27,28)24-11-5-7-16(14-24)19(25)23-18-9-3-2-8-17(18)20(26)22-13-15-6-4-10-21-12-15/h2-4,6,8-10,12,16H,5,7,11,13-14H2,1H3,(H,22,26)(H,23,25). The molecule has 2 amide bonds. The number of amides is 2. The molecule has 1 fully saturated rings. The minimum Gasteiger partial charge on any atom is -0.348 e. The van der Waals surface area contributed by atoms with Gasteiger partial charge in [-0.05, 0) is 36.6 Å². The van der Waals surface area contributed by atoms with Gasteiger partial charge < -0.3 is 10.6 Å². The largest absolute Gasteiger partial charge is 0.348 e. The number of sulfonamides is 1. The van der Waals surface area contributed by atoms with Crippen molar-refractivity contribution in [3.05, 3.63) is 59.9 Å². The summed E-state index contributed by atoms with van der Waals surface area (Å²) in [5, 5.41) is 5.62. The Balaban J connectivity index is 1.67. The number of rotatable bonds is 6. The lowest BCUT2D eigenvalue weighted by atomic mass is 9.98. The van der Waals surface area contributed by atoms with E-state index in [1.54, 1.807) is 42.7 Å². The van der Waals surface area contributed by atoms with Gasteiger partial charge in [-0.2, -0.15) is 0 Å². The third kappa shape index (κ3) is 5.61. The van der Waals surface area contributed by atoms with Gasteiger partial charge in [0, 0.05) is 32.0 Å². The first kappa shape index (κ1) is 20.9. The van der Waals surface area contributed by atoms with E-state index in [1.807, 2.05) is 6.07 Å². The van der Waals surface area contributed by atoms with Crippen LogP contribution in [0.2, 0.25) is 0 Å². The summed E-state index contributed by atoms with van der Waals surface area (Å²) in [5.74, 6) is -1.05. The number of carbonyl (C=O) groups is 2. The van der Waals surface area contributed by atoms with Gasteiger partial charge >= 0.3 is 0 Å². The van der Waals surface area contributed by atoms with E-state index in [1.165, 1.54) is 4.31 Å². The van der Waals surface area contributed by atoms with Crippen LogP contribution in [0, 0.1) is 5.92 Å². The van der Waals surface area contributed by atoms with Gasteiger partial charge in [-0.15, -0.1) is 0 Å². The molecule has 1 atom stereocenters. The summed E-state index contributed by atoms with van der Waals surface area (Å²) in [7, 11) is -3.34. The van der Waals surface area contributed by atoms with Crippen LogP contribution in [0.25, 0.3) is 0 Å². The fourth-order valence-corrected chi connectivity index (χ4v) is 4.17. The van der Waals surface area contributed by atoms with Crippen LogP contribution in [0.1, 0.15) is 28.8 Å². The van der Waals surface area contributed by atoms with Gasteiger partial charge in [0.1, 0.15) is 0 Å². The normalized spacial score (nSPS) is 17.5. The summed E-state index contributed by atoms with van der Waals surface area (Å²) >= 11 is 0. The second kappa shape index (κ2) is 9.15. The third-order valence-corrected chi connectivity index (χ3v) is 6.10. The first-order valence-electron chi connectivity index (χ1n) is 9.36. The highest BCUT2D eigenvalue weighted by Crippen LogP contribution is 2.22. The quantitative estimate of drug-likeness (QED) is 0.744. The number of hydrogen-bond donors (Lipinski definition) is 2. The Labute approximate surface area is 170 Å². The highest BCUT2D eigenvalue weighted by atomic mass is 32.2. The van der Waals surface area contributed by atoms with Crippen LogP contribution < -0.4 is 10.6 Å². The highest BCUT2D eigenvalue weighted by molar-refractivity contribution is 7.88. The number of para-hydroxylation sites is 1. The fourth-order valence-electron chi connectivity index (χ4n) is 3.26. The Kier molecular flexibility index (Phi) is 6.60. The first-order valence-corrected chi connectivity index (χ1v) is 11.2. The van der Waals surface area contributed by atoms with Gasteiger partial charge in [-0.3, -0.25) is 14.6 Å². The van der Waals surface area contributed by atoms with Crippen LogP contribution in [0.5, 0.6) is 0 Å². The third-order valence-electron chi connectivity index (χ3n) is 4.83. The molecular weight excluding hydrogens is 392 g/mol. The van der Waals surface area contributed by atoms with Crippen molar-refractivity contribution in [3.63, 3.8) is 0 Å². The monoisotopic (exact) mass is 416 g/mol. The van der Waals surface area contributed by atoms with Crippen molar-refractivity contribution in [2.75, 3.05) is 24.7 Å². The molecule has 1 saturated heterocycles. The van der Waals surface area contributed by atoms with E-state index in [-0.39, 0.29) is 18.4 Å². The molecule has 2 heterocycles. The number of carbonyl (C=O) groups excluding carboxylic acids is 2. The Hall–Kier alpha value is -2.78. The van der Waals surface area contributed by atoms with E-state index in [2.05, 4.69) is 15.6 Å². The van der Waals surface area contributed by atoms with E-state index >= 15 is 0 Å². The minimum atomic E-state index is -3.34. The van der Waals surface area contributed by atoms with Crippen LogP contribution in [-0.2, 0) is 21.4 Å². The molecule has 0 bridgehead atoms. The molecule has 0 radical (unpaired) electrons. The van der Waals surface area contributed by atoms with E-state index < -0.39 is 15.9 Å². The number of aromatic nitrogens is 1. The zero-order valence-corrected chi connectivity index (χ0v) is 17.0. The number of piperidine rings is 1. The van der Waals surface area contributed by atoms with Crippen LogP contribution in [0.4, 0.5) is 5.69 Å². The van der Waals surface area contributed by atoms with Crippen LogP contribution in [-0.4, -0.2) is 48.9 Å². The molecule has 0 spiro atoms. The lowest BCUT2D eigenvalue weighted by Crippen LogP contribution is -2.43. The van der Waals surface area contributed by atoms with Crippen molar-refractivity contribution < 1.29 is 18.0 Å². The zero-order chi connectivity index (χ0) is 20.9. The molecule has 1 aliphatic rings. The molecule has 0 aliphatic carbocycles. The minimum absolute atomic E-state index is 0.153. The van der Waals surface area contributed by atoms with Crippen molar-refractivity contribution in [3.8, 4) is 0 Å². The van der Waals surface area contributed by atoms with E-state index in [4.69, 9.17) is 0 Å². The summed E-state index contributed by atoms with van der Waals surface area (Å²) in [4.78, 5) is 29.3. The van der Waals surface area contributed by atoms with Crippen molar-refractivity contribution in [1.29, 1.82) is 0 Å². The number of benzene rings is 1. The molecule has 1 aromatic heterocycles.